The van der Waals surface area contributed by atoms with Gasteiger partial charge >= 0.3 is 0 Å². The molecule has 150 valence electrons. The van der Waals surface area contributed by atoms with E-state index in [1.54, 1.807) is 25.3 Å². The van der Waals surface area contributed by atoms with Crippen LogP contribution in [0.3, 0.4) is 0 Å². The van der Waals surface area contributed by atoms with Gasteiger partial charge in [0.2, 0.25) is 0 Å². The van der Waals surface area contributed by atoms with Gasteiger partial charge < -0.3 is 10.1 Å². The molecule has 6 heteroatoms. The van der Waals surface area contributed by atoms with Gasteiger partial charge in [0.05, 0.1) is 28.9 Å². The molecule has 4 nitrogen and oxygen atoms in total. The smallest absolute Gasteiger partial charge is 0.256 e. The average Bonchev–Trinajstić information content (AvgIpc) is 2.73. The van der Waals surface area contributed by atoms with Crippen molar-refractivity contribution in [2.75, 3.05) is 12.4 Å². The molecule has 0 radical (unpaired) electrons. The number of nitrogens with zero attached hydrogens (tertiary/aromatic N) is 1. The van der Waals surface area contributed by atoms with Gasteiger partial charge in [0.1, 0.15) is 5.75 Å². The topological polar surface area (TPSA) is 51.2 Å². The molecule has 0 aliphatic heterocycles. The lowest BCUT2D eigenvalue weighted by Gasteiger charge is -2.16. The number of pyridine rings is 1. The first-order valence-electron chi connectivity index (χ1n) is 9.28. The highest BCUT2D eigenvalue weighted by molar-refractivity contribution is 6.36. The van der Waals surface area contributed by atoms with Crippen molar-refractivity contribution in [3.8, 4) is 17.0 Å². The van der Waals surface area contributed by atoms with Crippen LogP contribution in [0, 0.1) is 6.92 Å². The third-order valence-electron chi connectivity index (χ3n) is 4.88. The molecule has 0 bridgehead atoms. The number of halogens is 2. The van der Waals surface area contributed by atoms with E-state index in [4.69, 9.17) is 32.9 Å². The van der Waals surface area contributed by atoms with Crippen molar-refractivity contribution in [1.29, 1.82) is 0 Å². The number of carbonyl (C=O) groups is 1. The summed E-state index contributed by atoms with van der Waals surface area (Å²) in [6.45, 7) is 1.88. The fourth-order valence-electron chi connectivity index (χ4n) is 3.44. The minimum absolute atomic E-state index is 0.231. The summed E-state index contributed by atoms with van der Waals surface area (Å²) in [4.78, 5) is 18.1. The molecule has 1 N–H and O–H groups in total. The van der Waals surface area contributed by atoms with Gasteiger partial charge in [0.15, 0.2) is 0 Å². The molecule has 0 spiro atoms. The standard InChI is InChI=1S/C24H18Cl2N2O2/c1-14-22(24(29)27-16-6-5-7-17(13-16)30-2)19-8-3-4-9-21(19)28-23(14)18-11-10-15(25)12-20(18)26/h3-13H,1-2H3,(H,27,29). The van der Waals surface area contributed by atoms with Crippen molar-refractivity contribution >= 4 is 45.7 Å². The van der Waals surface area contributed by atoms with E-state index in [0.29, 0.717) is 38.3 Å². The average molecular weight is 437 g/mol. The second-order valence-electron chi connectivity index (χ2n) is 6.79. The number of methoxy groups -OCH3 is 1. The molecular formula is C24H18Cl2N2O2. The third-order valence-corrected chi connectivity index (χ3v) is 5.42. The van der Waals surface area contributed by atoms with E-state index in [1.165, 1.54) is 0 Å². The number of ether oxygens (including phenoxy) is 1. The van der Waals surface area contributed by atoms with Gasteiger partial charge in [-0.1, -0.05) is 47.5 Å². The van der Waals surface area contributed by atoms with Crippen LogP contribution in [0.4, 0.5) is 5.69 Å². The first-order chi connectivity index (χ1) is 14.5. The quantitative estimate of drug-likeness (QED) is 0.383. The Morgan fingerprint density at radius 1 is 1.00 bits per heavy atom. The van der Waals surface area contributed by atoms with E-state index in [2.05, 4.69) is 5.32 Å². The van der Waals surface area contributed by atoms with Gasteiger partial charge in [-0.05, 0) is 48.9 Å². The van der Waals surface area contributed by atoms with E-state index in [9.17, 15) is 4.79 Å². The van der Waals surface area contributed by atoms with E-state index < -0.39 is 0 Å². The molecule has 1 aromatic heterocycles. The molecule has 0 atom stereocenters. The maximum atomic E-state index is 13.3. The molecule has 1 amide bonds. The lowest BCUT2D eigenvalue weighted by molar-refractivity contribution is 0.102. The van der Waals surface area contributed by atoms with E-state index in [0.717, 1.165) is 16.5 Å². The fourth-order valence-corrected chi connectivity index (χ4v) is 3.94. The summed E-state index contributed by atoms with van der Waals surface area (Å²) < 4.78 is 5.25. The van der Waals surface area contributed by atoms with Crippen LogP contribution in [0.25, 0.3) is 22.2 Å². The van der Waals surface area contributed by atoms with Crippen LogP contribution < -0.4 is 10.1 Å². The number of fused-ring (bicyclic) bond motifs is 1. The highest BCUT2D eigenvalue weighted by Crippen LogP contribution is 2.35. The SMILES string of the molecule is COc1cccc(NC(=O)c2c(C)c(-c3ccc(Cl)cc3Cl)nc3ccccc23)c1. The minimum Gasteiger partial charge on any atom is -0.497 e. The van der Waals surface area contributed by atoms with Gasteiger partial charge in [0, 0.05) is 27.7 Å². The van der Waals surface area contributed by atoms with Crippen LogP contribution in [0.15, 0.2) is 66.7 Å². The molecule has 4 rings (SSSR count). The van der Waals surface area contributed by atoms with Crippen molar-refractivity contribution in [3.63, 3.8) is 0 Å². The number of carbonyl (C=O) groups excluding carboxylic acids is 1. The second kappa shape index (κ2) is 8.34. The Labute approximate surface area is 184 Å². The number of rotatable bonds is 4. The molecule has 3 aromatic carbocycles. The molecule has 1 heterocycles. The van der Waals surface area contributed by atoms with E-state index >= 15 is 0 Å². The molecular weight excluding hydrogens is 419 g/mol. The maximum absolute atomic E-state index is 13.3. The molecule has 0 aliphatic carbocycles. The summed E-state index contributed by atoms with van der Waals surface area (Å²) in [5.74, 6) is 0.434. The Morgan fingerprint density at radius 2 is 1.80 bits per heavy atom. The molecule has 0 unspecified atom stereocenters. The van der Waals surface area contributed by atoms with Crippen LogP contribution in [-0.2, 0) is 0 Å². The molecule has 4 aromatic rings. The second-order valence-corrected chi connectivity index (χ2v) is 7.63. The van der Waals surface area contributed by atoms with Gasteiger partial charge in [-0.3, -0.25) is 4.79 Å². The van der Waals surface area contributed by atoms with Crippen molar-refractivity contribution in [1.82, 2.24) is 4.98 Å². The summed E-state index contributed by atoms with van der Waals surface area (Å²) in [6.07, 6.45) is 0. The summed E-state index contributed by atoms with van der Waals surface area (Å²) in [5.41, 5.74) is 4.00. The first kappa shape index (κ1) is 20.2. The van der Waals surface area contributed by atoms with Gasteiger partial charge in [-0.15, -0.1) is 0 Å². The van der Waals surface area contributed by atoms with Gasteiger partial charge in [-0.2, -0.15) is 0 Å². The van der Waals surface area contributed by atoms with Crippen LogP contribution in [0.2, 0.25) is 10.0 Å². The Balaban J connectivity index is 1.87. The number of aromatic nitrogens is 1. The molecule has 0 saturated heterocycles. The zero-order valence-electron chi connectivity index (χ0n) is 16.4. The summed E-state index contributed by atoms with van der Waals surface area (Å²) in [5, 5.41) is 4.75. The molecule has 0 saturated carbocycles. The Bertz CT molecular complexity index is 1270. The van der Waals surface area contributed by atoms with Crippen LogP contribution >= 0.6 is 23.2 Å². The zero-order chi connectivity index (χ0) is 21.3. The lowest BCUT2D eigenvalue weighted by Crippen LogP contribution is -2.15. The van der Waals surface area contributed by atoms with E-state index in [1.807, 2.05) is 55.5 Å². The van der Waals surface area contributed by atoms with Crippen molar-refractivity contribution < 1.29 is 9.53 Å². The lowest BCUT2D eigenvalue weighted by atomic mass is 9.97. The van der Waals surface area contributed by atoms with Crippen LogP contribution in [0.5, 0.6) is 5.75 Å². The Morgan fingerprint density at radius 3 is 2.57 bits per heavy atom. The number of hydrogen-bond donors (Lipinski definition) is 1. The summed E-state index contributed by atoms with van der Waals surface area (Å²) in [6, 6.07) is 20.0. The molecule has 30 heavy (non-hydrogen) atoms. The van der Waals surface area contributed by atoms with Crippen LogP contribution in [0.1, 0.15) is 15.9 Å². The van der Waals surface area contributed by atoms with Crippen molar-refractivity contribution in [3.05, 3.63) is 87.9 Å². The summed E-state index contributed by atoms with van der Waals surface area (Å²) >= 11 is 12.5. The maximum Gasteiger partial charge on any atom is 0.256 e. The highest BCUT2D eigenvalue weighted by atomic mass is 35.5. The first-order valence-corrected chi connectivity index (χ1v) is 10.0. The number of amides is 1. The minimum atomic E-state index is -0.231. The summed E-state index contributed by atoms with van der Waals surface area (Å²) in [7, 11) is 1.59. The predicted molar refractivity (Wildman–Crippen MR) is 123 cm³/mol. The monoisotopic (exact) mass is 436 g/mol. The molecule has 0 aliphatic rings. The Hall–Kier alpha value is -3.08. The largest absolute Gasteiger partial charge is 0.497 e. The van der Waals surface area contributed by atoms with Crippen molar-refractivity contribution in [2.24, 2.45) is 0 Å². The predicted octanol–water partition coefficient (Wildman–Crippen LogP) is 6.78. The number of anilines is 1. The van der Waals surface area contributed by atoms with Gasteiger partial charge in [0.25, 0.3) is 5.91 Å². The van der Waals surface area contributed by atoms with E-state index in [-0.39, 0.29) is 5.91 Å². The highest BCUT2D eigenvalue weighted by Gasteiger charge is 2.20. The van der Waals surface area contributed by atoms with Crippen LogP contribution in [-0.4, -0.2) is 18.0 Å². The molecule has 0 fully saturated rings. The zero-order valence-corrected chi connectivity index (χ0v) is 17.9. The number of hydrogen-bond acceptors (Lipinski definition) is 3. The normalized spacial score (nSPS) is 10.8. The Kier molecular flexibility index (Phi) is 5.62. The number of benzene rings is 3. The number of para-hydroxylation sites is 1. The fraction of sp³-hybridized carbons (Fsp3) is 0.0833. The van der Waals surface area contributed by atoms with Gasteiger partial charge in [-0.25, -0.2) is 4.98 Å². The van der Waals surface area contributed by atoms with Crippen molar-refractivity contribution in [2.45, 2.75) is 6.92 Å². The third kappa shape index (κ3) is 3.84. The number of nitrogens with one attached hydrogen (secondary N) is 1.